The summed E-state index contributed by atoms with van der Waals surface area (Å²) in [5.41, 5.74) is -1.62. The summed E-state index contributed by atoms with van der Waals surface area (Å²) in [6.45, 7) is 0. The maximum Gasteiger partial charge on any atom is 0.228 e. The summed E-state index contributed by atoms with van der Waals surface area (Å²) in [7, 11) is 0. The Balaban J connectivity index is 1.92. The van der Waals surface area contributed by atoms with Crippen LogP contribution < -0.4 is 0 Å². The van der Waals surface area contributed by atoms with Crippen LogP contribution in [-0.2, 0) is 5.67 Å². The largest absolute Gasteiger partial charge is 0.384 e. The second kappa shape index (κ2) is 4.49. The Morgan fingerprint density at radius 1 is 0.909 bits per heavy atom. The van der Waals surface area contributed by atoms with Crippen LogP contribution in [0, 0.1) is 0 Å². The zero-order valence-electron chi connectivity index (χ0n) is 11.7. The Morgan fingerprint density at radius 3 is 2.36 bits per heavy atom. The number of halogens is 1. The highest BCUT2D eigenvalue weighted by molar-refractivity contribution is 6.08. The van der Waals surface area contributed by atoms with Crippen molar-refractivity contribution in [3.8, 4) is 0 Å². The van der Waals surface area contributed by atoms with Crippen molar-refractivity contribution < 1.29 is 14.3 Å². The number of aliphatic hydroxyl groups excluding tert-OH is 1. The van der Waals surface area contributed by atoms with Gasteiger partial charge in [-0.15, -0.1) is 0 Å². The Labute approximate surface area is 126 Å². The van der Waals surface area contributed by atoms with E-state index in [1.807, 2.05) is 24.3 Å². The summed E-state index contributed by atoms with van der Waals surface area (Å²) in [5, 5.41) is 12.2. The molecule has 2 unspecified atom stereocenters. The van der Waals surface area contributed by atoms with Gasteiger partial charge in [0.15, 0.2) is 0 Å². The molecule has 1 N–H and O–H groups in total. The molecule has 2 atom stereocenters. The van der Waals surface area contributed by atoms with Crippen LogP contribution in [0.25, 0.3) is 10.8 Å². The lowest BCUT2D eigenvalue weighted by Gasteiger charge is -2.23. The van der Waals surface area contributed by atoms with Crippen molar-refractivity contribution in [2.75, 3.05) is 0 Å². The molecule has 0 saturated carbocycles. The molecule has 4 rings (SSSR count). The van der Waals surface area contributed by atoms with E-state index in [4.69, 9.17) is 0 Å². The van der Waals surface area contributed by atoms with Crippen molar-refractivity contribution in [2.45, 2.75) is 11.8 Å². The molecule has 108 valence electrons. The third-order valence-corrected chi connectivity index (χ3v) is 4.38. The van der Waals surface area contributed by atoms with Crippen molar-refractivity contribution in [2.24, 2.45) is 0 Å². The van der Waals surface area contributed by atoms with Crippen molar-refractivity contribution >= 4 is 16.6 Å². The van der Waals surface area contributed by atoms with Gasteiger partial charge in [-0.3, -0.25) is 4.79 Å². The molecule has 0 spiro atoms. The van der Waals surface area contributed by atoms with E-state index in [0.717, 1.165) is 10.8 Å². The zero-order chi connectivity index (χ0) is 15.3. The van der Waals surface area contributed by atoms with E-state index in [1.54, 1.807) is 42.5 Å². The van der Waals surface area contributed by atoms with Gasteiger partial charge in [-0.05, 0) is 22.4 Å². The van der Waals surface area contributed by atoms with E-state index in [2.05, 4.69) is 0 Å². The highest BCUT2D eigenvalue weighted by Gasteiger charge is 2.54. The van der Waals surface area contributed by atoms with E-state index in [9.17, 15) is 9.90 Å². The molecule has 3 aromatic carbocycles. The molecule has 1 aliphatic carbocycles. The predicted molar refractivity (Wildman–Crippen MR) is 82.5 cm³/mol. The smallest absolute Gasteiger partial charge is 0.228 e. The zero-order valence-corrected chi connectivity index (χ0v) is 11.7. The Bertz CT molecular complexity index is 903. The number of ketones is 1. The molecule has 0 aliphatic heterocycles. The van der Waals surface area contributed by atoms with Crippen molar-refractivity contribution in [3.05, 3.63) is 83.4 Å². The number of hydrogen-bond acceptors (Lipinski definition) is 2. The van der Waals surface area contributed by atoms with Gasteiger partial charge < -0.3 is 5.11 Å². The summed E-state index contributed by atoms with van der Waals surface area (Å²) >= 11 is 0. The molecule has 0 fully saturated rings. The third kappa shape index (κ3) is 1.60. The summed E-state index contributed by atoms with van der Waals surface area (Å²) < 4.78 is 15.6. The number of benzene rings is 3. The van der Waals surface area contributed by atoms with Crippen LogP contribution in [0.5, 0.6) is 0 Å². The molecule has 0 saturated heterocycles. The van der Waals surface area contributed by atoms with Crippen LogP contribution in [0.15, 0.2) is 66.7 Å². The highest BCUT2D eigenvalue weighted by Crippen LogP contribution is 2.48. The van der Waals surface area contributed by atoms with Gasteiger partial charge in [0.1, 0.15) is 6.10 Å². The van der Waals surface area contributed by atoms with Gasteiger partial charge in [0.25, 0.3) is 0 Å². The maximum atomic E-state index is 15.6. The topological polar surface area (TPSA) is 37.3 Å². The van der Waals surface area contributed by atoms with Crippen molar-refractivity contribution in [1.82, 2.24) is 0 Å². The molecular formula is C19H13FO2. The van der Waals surface area contributed by atoms with E-state index in [0.29, 0.717) is 5.56 Å². The normalized spacial score (nSPS) is 23.7. The number of fused-ring (bicyclic) bond motifs is 2. The van der Waals surface area contributed by atoms with Crippen LogP contribution in [-0.4, -0.2) is 10.9 Å². The third-order valence-electron chi connectivity index (χ3n) is 4.38. The fraction of sp³-hybridized carbons (Fsp3) is 0.105. The Kier molecular flexibility index (Phi) is 2.68. The predicted octanol–water partition coefficient (Wildman–Crippen LogP) is 3.93. The van der Waals surface area contributed by atoms with Crippen molar-refractivity contribution in [3.63, 3.8) is 0 Å². The molecule has 22 heavy (non-hydrogen) atoms. The van der Waals surface area contributed by atoms with Gasteiger partial charge in [0.05, 0.1) is 0 Å². The van der Waals surface area contributed by atoms with Crippen LogP contribution in [0.4, 0.5) is 4.39 Å². The number of alkyl halides is 1. The maximum absolute atomic E-state index is 15.6. The van der Waals surface area contributed by atoms with Crippen molar-refractivity contribution in [1.29, 1.82) is 0 Å². The molecule has 0 heterocycles. The van der Waals surface area contributed by atoms with Gasteiger partial charge in [-0.2, -0.15) is 0 Å². The van der Waals surface area contributed by atoms with Gasteiger partial charge in [0, 0.05) is 11.1 Å². The van der Waals surface area contributed by atoms with Crippen LogP contribution >= 0.6 is 0 Å². The first kappa shape index (κ1) is 13.2. The molecule has 0 bridgehead atoms. The molecule has 3 aromatic rings. The Hall–Kier alpha value is -2.52. The van der Waals surface area contributed by atoms with Gasteiger partial charge >= 0.3 is 0 Å². The second-order valence-corrected chi connectivity index (χ2v) is 5.59. The summed E-state index contributed by atoms with van der Waals surface area (Å²) in [6.07, 6.45) is -1.47. The molecule has 0 aromatic heterocycles. The molecule has 3 heteroatoms. The minimum atomic E-state index is -2.42. The average molecular weight is 292 g/mol. The lowest BCUT2D eigenvalue weighted by Crippen LogP contribution is -2.31. The number of Topliss-reactive ketones (excluding diaryl/α,β-unsaturated/α-hetero) is 1. The van der Waals surface area contributed by atoms with Crippen LogP contribution in [0.1, 0.15) is 27.6 Å². The molecule has 0 radical (unpaired) electrons. The van der Waals surface area contributed by atoms with Gasteiger partial charge in [-0.25, -0.2) is 4.39 Å². The summed E-state index contributed by atoms with van der Waals surface area (Å²) in [5.74, 6) is -0.675. The number of rotatable bonds is 1. The van der Waals surface area contributed by atoms with Crippen LogP contribution in [0.3, 0.4) is 0 Å². The quantitative estimate of drug-likeness (QED) is 0.737. The van der Waals surface area contributed by atoms with E-state index < -0.39 is 17.6 Å². The SMILES string of the molecule is O=C1c2ccccc2C(O)C1(F)c1ccc2ccccc2c1. The number of aliphatic hydroxyl groups is 1. The van der Waals surface area contributed by atoms with Gasteiger partial charge in [0.2, 0.25) is 11.5 Å². The molecular weight excluding hydrogens is 279 g/mol. The van der Waals surface area contributed by atoms with E-state index >= 15 is 4.39 Å². The molecule has 0 amide bonds. The number of carbonyl (C=O) groups is 1. The number of hydrogen-bond donors (Lipinski definition) is 1. The monoisotopic (exact) mass is 292 g/mol. The first-order chi connectivity index (χ1) is 10.6. The first-order valence-corrected chi connectivity index (χ1v) is 7.12. The summed E-state index contributed by atoms with van der Waals surface area (Å²) in [6, 6.07) is 19.1. The van der Waals surface area contributed by atoms with Gasteiger partial charge in [-0.1, -0.05) is 60.7 Å². The first-order valence-electron chi connectivity index (χ1n) is 7.12. The van der Waals surface area contributed by atoms with E-state index in [1.165, 1.54) is 0 Å². The fourth-order valence-corrected chi connectivity index (χ4v) is 3.18. The lowest BCUT2D eigenvalue weighted by molar-refractivity contribution is 0.00754. The van der Waals surface area contributed by atoms with E-state index in [-0.39, 0.29) is 11.1 Å². The lowest BCUT2D eigenvalue weighted by atomic mass is 9.88. The standard InChI is InChI=1S/C19H13FO2/c20-19(14-10-9-12-5-1-2-6-13(12)11-14)17(21)15-7-3-4-8-16(15)18(19)22/h1-11,17,21H. The highest BCUT2D eigenvalue weighted by atomic mass is 19.1. The molecule has 2 nitrogen and oxygen atoms in total. The number of carbonyl (C=O) groups excluding carboxylic acids is 1. The summed E-state index contributed by atoms with van der Waals surface area (Å²) in [4.78, 5) is 12.5. The van der Waals surface area contributed by atoms with Crippen LogP contribution in [0.2, 0.25) is 0 Å². The second-order valence-electron chi connectivity index (χ2n) is 5.59. The minimum absolute atomic E-state index is 0.194. The minimum Gasteiger partial charge on any atom is -0.384 e. The molecule has 1 aliphatic rings. The Morgan fingerprint density at radius 2 is 1.59 bits per heavy atom. The fourth-order valence-electron chi connectivity index (χ4n) is 3.18. The average Bonchev–Trinajstić information content (AvgIpc) is 2.77.